The van der Waals surface area contributed by atoms with Crippen LogP contribution < -0.4 is 25.3 Å². The molecule has 3 aliphatic rings. The number of morpholine rings is 1. The van der Waals surface area contributed by atoms with E-state index >= 15 is 0 Å². The van der Waals surface area contributed by atoms with E-state index in [1.54, 1.807) is 13.2 Å². The first-order chi connectivity index (χ1) is 22.3. The van der Waals surface area contributed by atoms with Gasteiger partial charge in [0.15, 0.2) is 5.82 Å². The fourth-order valence-electron chi connectivity index (χ4n) is 6.45. The molecule has 46 heavy (non-hydrogen) atoms. The van der Waals surface area contributed by atoms with Crippen LogP contribution >= 0.6 is 0 Å². The lowest BCUT2D eigenvalue weighted by Gasteiger charge is -2.42. The minimum absolute atomic E-state index is 0.189. The molecule has 4 heterocycles. The van der Waals surface area contributed by atoms with E-state index < -0.39 is 17.7 Å². The minimum atomic E-state index is -0.566. The van der Waals surface area contributed by atoms with E-state index in [-0.39, 0.29) is 17.6 Å². The van der Waals surface area contributed by atoms with Crippen LogP contribution in [-0.2, 0) is 14.4 Å². The van der Waals surface area contributed by atoms with Crippen molar-refractivity contribution in [3.63, 3.8) is 0 Å². The molecule has 13 heteroatoms. The molecule has 3 aromatic rings. The third-order valence-electron chi connectivity index (χ3n) is 8.72. The molecule has 0 unspecified atom stereocenters. The van der Waals surface area contributed by atoms with Crippen molar-refractivity contribution in [2.75, 3.05) is 67.1 Å². The molecule has 0 spiro atoms. The second kappa shape index (κ2) is 14.0. The Balaban J connectivity index is 1.24. The smallest absolute Gasteiger partial charge is 0.247 e. The van der Waals surface area contributed by atoms with Crippen LogP contribution in [0, 0.1) is 11.6 Å². The highest BCUT2D eigenvalue weighted by atomic mass is 19.1. The summed E-state index contributed by atoms with van der Waals surface area (Å²) in [5.74, 6) is -0.0512. The second-order valence-electron chi connectivity index (χ2n) is 11.7. The molecule has 1 aromatic heterocycles. The van der Waals surface area contributed by atoms with E-state index in [1.165, 1.54) is 23.5 Å². The van der Waals surface area contributed by atoms with Crippen LogP contribution in [0.2, 0.25) is 0 Å². The van der Waals surface area contributed by atoms with E-state index in [0.717, 1.165) is 63.4 Å². The van der Waals surface area contributed by atoms with Crippen molar-refractivity contribution in [2.45, 2.75) is 44.4 Å². The number of halogens is 2. The molecule has 0 radical (unpaired) electrons. The quantitative estimate of drug-likeness (QED) is 0.305. The Kier molecular flexibility index (Phi) is 9.61. The zero-order chi connectivity index (χ0) is 32.2. The van der Waals surface area contributed by atoms with Crippen LogP contribution in [0.3, 0.4) is 0 Å². The van der Waals surface area contributed by atoms with Crippen LogP contribution in [0.5, 0.6) is 5.75 Å². The molecule has 11 nitrogen and oxygen atoms in total. The second-order valence-corrected chi connectivity index (χ2v) is 11.7. The van der Waals surface area contributed by atoms with Gasteiger partial charge in [0.25, 0.3) is 0 Å². The van der Waals surface area contributed by atoms with Crippen LogP contribution in [-0.4, -0.2) is 79.4 Å². The Hall–Kier alpha value is -4.33. The maximum atomic E-state index is 14.6. The fourth-order valence-corrected chi connectivity index (χ4v) is 6.45. The highest BCUT2D eigenvalue weighted by Crippen LogP contribution is 2.41. The molecule has 3 aliphatic heterocycles. The molecule has 244 valence electrons. The average Bonchev–Trinajstić information content (AvgIpc) is 3.56. The van der Waals surface area contributed by atoms with E-state index in [1.807, 2.05) is 12.1 Å². The number of ether oxygens (including phenoxy) is 2. The van der Waals surface area contributed by atoms with Crippen molar-refractivity contribution < 1.29 is 27.9 Å². The van der Waals surface area contributed by atoms with Gasteiger partial charge >= 0.3 is 0 Å². The molecule has 1 amide bonds. The third-order valence-corrected chi connectivity index (χ3v) is 8.72. The number of nitrogens with one attached hydrogen (secondary N) is 2. The summed E-state index contributed by atoms with van der Waals surface area (Å²) < 4.78 is 40.2. The molecule has 2 N–H and O–H groups in total. The Morgan fingerprint density at radius 3 is 2.65 bits per heavy atom. The zero-order valence-corrected chi connectivity index (χ0v) is 26.0. The summed E-state index contributed by atoms with van der Waals surface area (Å²) in [6.45, 7) is 10.3. The van der Waals surface area contributed by atoms with Crippen molar-refractivity contribution in [1.29, 1.82) is 0 Å². The van der Waals surface area contributed by atoms with Crippen molar-refractivity contribution in [3.8, 4) is 5.75 Å². The Morgan fingerprint density at radius 2 is 1.89 bits per heavy atom. The highest BCUT2D eigenvalue weighted by Gasteiger charge is 2.32. The van der Waals surface area contributed by atoms with Gasteiger partial charge in [0.2, 0.25) is 5.91 Å². The van der Waals surface area contributed by atoms with E-state index in [9.17, 15) is 13.6 Å². The molecule has 2 atom stereocenters. The van der Waals surface area contributed by atoms with Crippen LogP contribution in [0.1, 0.15) is 37.8 Å². The van der Waals surface area contributed by atoms with Crippen molar-refractivity contribution in [3.05, 3.63) is 72.6 Å². The van der Waals surface area contributed by atoms with Gasteiger partial charge < -0.3 is 25.0 Å². The van der Waals surface area contributed by atoms with Crippen LogP contribution in [0.15, 0.2) is 55.4 Å². The number of hydrogen-bond donors (Lipinski definition) is 2. The fraction of sp³-hybridized carbons (Fsp3) is 0.424. The Labute approximate surface area is 267 Å². The van der Waals surface area contributed by atoms with Gasteiger partial charge in [-0.15, -0.1) is 0 Å². The number of hydrogen-bond acceptors (Lipinski definition) is 10. The number of piperidine rings is 1. The SMILES string of the molecule is C=CC(=O)Nc1cc(Nc2cc(N3OCC[C@@H]3c3cc(F)ccc3F)ncn2)c(OC)cc1N1CCC(N2CCO[C@@H](C)C2)CC1. The molecule has 2 aromatic carbocycles. The van der Waals surface area contributed by atoms with Crippen LogP contribution in [0.25, 0.3) is 0 Å². The van der Waals surface area contributed by atoms with Crippen molar-refractivity contribution in [1.82, 2.24) is 14.9 Å². The number of methoxy groups -OCH3 is 1. The summed E-state index contributed by atoms with van der Waals surface area (Å²) in [7, 11) is 1.58. The number of anilines is 5. The van der Waals surface area contributed by atoms with Crippen molar-refractivity contribution in [2.24, 2.45) is 0 Å². The minimum Gasteiger partial charge on any atom is -0.494 e. The number of carbonyl (C=O) groups is 1. The average molecular weight is 636 g/mol. The van der Waals surface area contributed by atoms with Gasteiger partial charge in [-0.2, -0.15) is 0 Å². The van der Waals surface area contributed by atoms with E-state index in [0.29, 0.717) is 47.8 Å². The molecule has 0 saturated carbocycles. The number of hydroxylamine groups is 1. The highest BCUT2D eigenvalue weighted by molar-refractivity contribution is 6.02. The van der Waals surface area contributed by atoms with Gasteiger partial charge in [-0.05, 0) is 50.1 Å². The lowest BCUT2D eigenvalue weighted by atomic mass is 10.0. The Morgan fingerprint density at radius 1 is 1.07 bits per heavy atom. The summed E-state index contributed by atoms with van der Waals surface area (Å²) in [6, 6.07) is 8.67. The van der Waals surface area contributed by atoms with Gasteiger partial charge in [0.05, 0.1) is 49.5 Å². The number of rotatable bonds is 9. The standard InChI is InChI=1S/C33H39F2N7O4/c1-4-33(43)39-26-16-27(30(44-3)17-29(26)40-10-7-23(8-11-40)41-12-14-45-21(2)19-41)38-31-18-32(37-20-36-31)42-28(9-13-46-42)24-15-22(34)5-6-25(24)35/h4-6,15-18,20-21,23,28H,1,7-14,19H2,2-3H3,(H,39,43)(H,36,37,38)/t21-,28+/m0/s1. The summed E-state index contributed by atoms with van der Waals surface area (Å²) in [4.78, 5) is 31.8. The maximum Gasteiger partial charge on any atom is 0.247 e. The van der Waals surface area contributed by atoms with E-state index in [2.05, 4.69) is 43.9 Å². The normalized spacial score (nSPS) is 20.9. The first kappa shape index (κ1) is 31.6. The van der Waals surface area contributed by atoms with Gasteiger partial charge in [0, 0.05) is 56.3 Å². The number of aromatic nitrogens is 2. The molecule has 0 aliphatic carbocycles. The molecular weight excluding hydrogens is 596 g/mol. The van der Waals surface area contributed by atoms with Gasteiger partial charge in [-0.1, -0.05) is 6.58 Å². The Bertz CT molecular complexity index is 1570. The van der Waals surface area contributed by atoms with Crippen molar-refractivity contribution >= 4 is 34.6 Å². The summed E-state index contributed by atoms with van der Waals surface area (Å²) in [5.41, 5.74) is 2.20. The number of benzene rings is 2. The predicted octanol–water partition coefficient (Wildman–Crippen LogP) is 5.20. The third kappa shape index (κ3) is 6.91. The topological polar surface area (TPSA) is 104 Å². The molecule has 0 bridgehead atoms. The summed E-state index contributed by atoms with van der Waals surface area (Å²) in [6.07, 6.45) is 5.27. The van der Waals surface area contributed by atoms with Gasteiger partial charge in [0.1, 0.15) is 29.5 Å². The largest absolute Gasteiger partial charge is 0.494 e. The molecule has 3 fully saturated rings. The van der Waals surface area contributed by atoms with Gasteiger partial charge in [-0.25, -0.2) is 23.8 Å². The summed E-state index contributed by atoms with van der Waals surface area (Å²) >= 11 is 0. The van der Waals surface area contributed by atoms with E-state index in [4.69, 9.17) is 14.3 Å². The van der Waals surface area contributed by atoms with Crippen LogP contribution in [0.4, 0.5) is 37.5 Å². The number of carbonyl (C=O) groups excluding carboxylic acids is 1. The molecule has 3 saturated heterocycles. The first-order valence-electron chi connectivity index (χ1n) is 15.5. The molecule has 6 rings (SSSR count). The number of nitrogens with zero attached hydrogens (tertiary/aromatic N) is 5. The lowest BCUT2D eigenvalue weighted by molar-refractivity contribution is -0.111. The number of amides is 1. The lowest BCUT2D eigenvalue weighted by Crippen LogP contribution is -2.51. The van der Waals surface area contributed by atoms with Gasteiger partial charge in [-0.3, -0.25) is 14.5 Å². The zero-order valence-electron chi connectivity index (χ0n) is 26.0. The predicted molar refractivity (Wildman–Crippen MR) is 172 cm³/mol. The molecular formula is C33H39F2N7O4. The summed E-state index contributed by atoms with van der Waals surface area (Å²) in [5, 5.41) is 7.70. The maximum absolute atomic E-state index is 14.6. The monoisotopic (exact) mass is 635 g/mol. The first-order valence-corrected chi connectivity index (χ1v) is 15.5.